The third kappa shape index (κ3) is 5.96. The van der Waals surface area contributed by atoms with Crippen LogP contribution in [0.25, 0.3) is 0 Å². The molecule has 0 radical (unpaired) electrons. The molecule has 1 amide bonds. The molecular formula is C18H20F2N2O2. The van der Waals surface area contributed by atoms with Gasteiger partial charge in [0.15, 0.2) is 0 Å². The number of likely N-dealkylation sites (N-methyl/N-ethyl adjacent to an activating group) is 1. The molecule has 0 saturated heterocycles. The monoisotopic (exact) mass is 334 g/mol. The highest BCUT2D eigenvalue weighted by Crippen LogP contribution is 2.10. The van der Waals surface area contributed by atoms with Crippen LogP contribution < -0.4 is 10.1 Å². The maximum atomic E-state index is 13.5. The Morgan fingerprint density at radius 2 is 1.83 bits per heavy atom. The van der Waals surface area contributed by atoms with Crippen LogP contribution in [0.5, 0.6) is 5.75 Å². The van der Waals surface area contributed by atoms with Gasteiger partial charge in [0.1, 0.15) is 24.0 Å². The normalized spacial score (nSPS) is 10.7. The number of carbonyl (C=O) groups is 1. The topological polar surface area (TPSA) is 41.6 Å². The average Bonchev–Trinajstić information content (AvgIpc) is 2.56. The number of amides is 1. The van der Waals surface area contributed by atoms with Gasteiger partial charge in [-0.15, -0.1) is 0 Å². The molecule has 24 heavy (non-hydrogen) atoms. The molecule has 0 aromatic heterocycles. The molecule has 1 N–H and O–H groups in total. The lowest BCUT2D eigenvalue weighted by atomic mass is 10.2. The molecule has 128 valence electrons. The van der Waals surface area contributed by atoms with Crippen molar-refractivity contribution in [2.75, 3.05) is 26.7 Å². The van der Waals surface area contributed by atoms with Crippen molar-refractivity contribution >= 4 is 5.91 Å². The van der Waals surface area contributed by atoms with Crippen LogP contribution >= 0.6 is 0 Å². The Kier molecular flexibility index (Phi) is 6.69. The minimum Gasteiger partial charge on any atom is -0.492 e. The molecule has 0 saturated carbocycles. The maximum absolute atomic E-state index is 13.5. The summed E-state index contributed by atoms with van der Waals surface area (Å²) in [7, 11) is 1.79. The first-order valence-corrected chi connectivity index (χ1v) is 7.61. The standard InChI is InChI=1S/C18H20F2N2O2/c1-22(10-11-24-16-8-6-15(19)7-9-16)13-18(23)21-12-14-4-2-3-5-17(14)20/h2-9H,10-13H2,1H3,(H,21,23). The third-order valence-corrected chi connectivity index (χ3v) is 3.40. The summed E-state index contributed by atoms with van der Waals surface area (Å²) in [6.07, 6.45) is 0. The predicted molar refractivity (Wildman–Crippen MR) is 87.6 cm³/mol. The van der Waals surface area contributed by atoms with Crippen LogP contribution in [0.4, 0.5) is 8.78 Å². The molecule has 4 nitrogen and oxygen atoms in total. The van der Waals surface area contributed by atoms with Crippen molar-refractivity contribution < 1.29 is 18.3 Å². The van der Waals surface area contributed by atoms with E-state index >= 15 is 0 Å². The van der Waals surface area contributed by atoms with Crippen LogP contribution in [0.15, 0.2) is 48.5 Å². The highest BCUT2D eigenvalue weighted by Gasteiger charge is 2.08. The van der Waals surface area contributed by atoms with Crippen molar-refractivity contribution in [1.29, 1.82) is 0 Å². The Morgan fingerprint density at radius 3 is 2.54 bits per heavy atom. The van der Waals surface area contributed by atoms with Gasteiger partial charge in [0.2, 0.25) is 5.91 Å². The number of carbonyl (C=O) groups excluding carboxylic acids is 1. The quantitative estimate of drug-likeness (QED) is 0.807. The molecule has 0 unspecified atom stereocenters. The molecule has 0 atom stereocenters. The number of nitrogens with zero attached hydrogens (tertiary/aromatic N) is 1. The highest BCUT2D eigenvalue weighted by atomic mass is 19.1. The van der Waals surface area contributed by atoms with E-state index in [-0.39, 0.29) is 30.6 Å². The van der Waals surface area contributed by atoms with Crippen LogP contribution in [0.2, 0.25) is 0 Å². The van der Waals surface area contributed by atoms with Gasteiger partial charge in [-0.2, -0.15) is 0 Å². The summed E-state index contributed by atoms with van der Waals surface area (Å²) in [6, 6.07) is 12.1. The Hall–Kier alpha value is -2.47. The molecule has 2 aromatic rings. The summed E-state index contributed by atoms with van der Waals surface area (Å²) in [6.45, 7) is 1.25. The number of nitrogens with one attached hydrogen (secondary N) is 1. The summed E-state index contributed by atoms with van der Waals surface area (Å²) in [5, 5.41) is 2.68. The number of ether oxygens (including phenoxy) is 1. The summed E-state index contributed by atoms with van der Waals surface area (Å²) in [4.78, 5) is 13.6. The van der Waals surface area contributed by atoms with Gasteiger partial charge in [-0.3, -0.25) is 9.69 Å². The van der Waals surface area contributed by atoms with Gasteiger partial charge in [0.25, 0.3) is 0 Å². The minimum atomic E-state index is -0.334. The first kappa shape index (κ1) is 17.9. The lowest BCUT2D eigenvalue weighted by molar-refractivity contribution is -0.122. The molecule has 2 rings (SSSR count). The van der Waals surface area contributed by atoms with E-state index in [1.165, 1.54) is 18.2 Å². The summed E-state index contributed by atoms with van der Waals surface area (Å²) in [5.41, 5.74) is 0.452. The number of hydrogen-bond acceptors (Lipinski definition) is 3. The molecular weight excluding hydrogens is 314 g/mol. The van der Waals surface area contributed by atoms with E-state index in [1.54, 1.807) is 42.3 Å². The molecule has 2 aromatic carbocycles. The molecule has 0 aliphatic heterocycles. The fourth-order valence-corrected chi connectivity index (χ4v) is 2.07. The molecule has 0 aliphatic rings. The Morgan fingerprint density at radius 1 is 1.12 bits per heavy atom. The van der Waals surface area contributed by atoms with Crippen LogP contribution in [-0.2, 0) is 11.3 Å². The van der Waals surface area contributed by atoms with E-state index in [9.17, 15) is 13.6 Å². The van der Waals surface area contributed by atoms with Gasteiger partial charge < -0.3 is 10.1 Å². The van der Waals surface area contributed by atoms with E-state index in [0.717, 1.165) is 0 Å². The summed E-state index contributed by atoms with van der Waals surface area (Å²) < 4.78 is 31.7. The number of rotatable bonds is 8. The highest BCUT2D eigenvalue weighted by molar-refractivity contribution is 5.77. The van der Waals surface area contributed by atoms with Crippen molar-refractivity contribution in [3.05, 3.63) is 65.7 Å². The van der Waals surface area contributed by atoms with E-state index in [2.05, 4.69) is 5.32 Å². The molecule has 0 heterocycles. The first-order chi connectivity index (χ1) is 11.5. The first-order valence-electron chi connectivity index (χ1n) is 7.61. The Bertz CT molecular complexity index is 662. The zero-order valence-electron chi connectivity index (χ0n) is 13.5. The third-order valence-electron chi connectivity index (χ3n) is 3.40. The second kappa shape index (κ2) is 8.98. The molecule has 0 spiro atoms. The lowest BCUT2D eigenvalue weighted by Crippen LogP contribution is -2.36. The summed E-state index contributed by atoms with van der Waals surface area (Å²) >= 11 is 0. The summed E-state index contributed by atoms with van der Waals surface area (Å²) in [5.74, 6) is -0.263. The van der Waals surface area contributed by atoms with Crippen LogP contribution in [-0.4, -0.2) is 37.6 Å². The van der Waals surface area contributed by atoms with Gasteiger partial charge >= 0.3 is 0 Å². The Balaban J connectivity index is 1.66. The molecule has 6 heteroatoms. The van der Waals surface area contributed by atoms with Crippen molar-refractivity contribution in [3.8, 4) is 5.75 Å². The van der Waals surface area contributed by atoms with E-state index in [0.29, 0.717) is 24.5 Å². The lowest BCUT2D eigenvalue weighted by Gasteiger charge is -2.16. The SMILES string of the molecule is CN(CCOc1ccc(F)cc1)CC(=O)NCc1ccccc1F. The van der Waals surface area contributed by atoms with Crippen molar-refractivity contribution in [1.82, 2.24) is 10.2 Å². The number of hydrogen-bond donors (Lipinski definition) is 1. The molecule has 0 bridgehead atoms. The Labute approximate surface area is 140 Å². The van der Waals surface area contributed by atoms with Crippen molar-refractivity contribution in [3.63, 3.8) is 0 Å². The van der Waals surface area contributed by atoms with E-state index < -0.39 is 0 Å². The largest absolute Gasteiger partial charge is 0.492 e. The fourth-order valence-electron chi connectivity index (χ4n) is 2.07. The number of halogens is 2. The molecule has 0 aliphatic carbocycles. The van der Waals surface area contributed by atoms with Gasteiger partial charge in [0, 0.05) is 18.7 Å². The zero-order valence-corrected chi connectivity index (χ0v) is 13.5. The predicted octanol–water partition coefficient (Wildman–Crippen LogP) is 2.59. The van der Waals surface area contributed by atoms with Crippen LogP contribution in [0.1, 0.15) is 5.56 Å². The van der Waals surface area contributed by atoms with Crippen molar-refractivity contribution in [2.24, 2.45) is 0 Å². The fraction of sp³-hybridized carbons (Fsp3) is 0.278. The van der Waals surface area contributed by atoms with E-state index in [4.69, 9.17) is 4.74 Å². The smallest absolute Gasteiger partial charge is 0.234 e. The van der Waals surface area contributed by atoms with Crippen LogP contribution in [0, 0.1) is 11.6 Å². The average molecular weight is 334 g/mol. The van der Waals surface area contributed by atoms with Gasteiger partial charge in [-0.05, 0) is 37.4 Å². The van der Waals surface area contributed by atoms with Gasteiger partial charge in [0.05, 0.1) is 6.54 Å². The van der Waals surface area contributed by atoms with Gasteiger partial charge in [-0.1, -0.05) is 18.2 Å². The number of benzene rings is 2. The second-order valence-corrected chi connectivity index (χ2v) is 5.41. The van der Waals surface area contributed by atoms with Crippen molar-refractivity contribution in [2.45, 2.75) is 6.54 Å². The van der Waals surface area contributed by atoms with E-state index in [1.807, 2.05) is 0 Å². The zero-order chi connectivity index (χ0) is 17.4. The molecule has 0 fully saturated rings. The maximum Gasteiger partial charge on any atom is 0.234 e. The minimum absolute atomic E-state index is 0.158. The van der Waals surface area contributed by atoms with Crippen LogP contribution in [0.3, 0.4) is 0 Å². The van der Waals surface area contributed by atoms with Gasteiger partial charge in [-0.25, -0.2) is 8.78 Å². The second-order valence-electron chi connectivity index (χ2n) is 5.41.